The van der Waals surface area contributed by atoms with Crippen LogP contribution in [0.4, 0.5) is 0 Å². The van der Waals surface area contributed by atoms with Crippen molar-refractivity contribution in [2.75, 3.05) is 0 Å². The first-order valence-electron chi connectivity index (χ1n) is 7.60. The molecule has 0 spiro atoms. The average molecular weight is 420 g/mol. The minimum absolute atomic E-state index is 0.0322. The second-order valence-electron chi connectivity index (χ2n) is 5.37. The summed E-state index contributed by atoms with van der Waals surface area (Å²) in [6, 6.07) is 3.07. The highest BCUT2D eigenvalue weighted by atomic mass is 32.2. The number of nitrogens with two attached hydrogens (primary N) is 1. The van der Waals surface area contributed by atoms with Crippen molar-refractivity contribution in [2.24, 2.45) is 15.3 Å². The number of rotatable bonds is 7. The molecular formula is C16H14N5O7S-. The molecule has 0 bridgehead atoms. The molecule has 0 aromatic heterocycles. The zero-order valence-corrected chi connectivity index (χ0v) is 15.3. The third-order valence-corrected chi connectivity index (χ3v) is 4.69. The number of hydrogen-bond acceptors (Lipinski definition) is 9. The molecule has 29 heavy (non-hydrogen) atoms. The van der Waals surface area contributed by atoms with Crippen molar-refractivity contribution in [3.8, 4) is 0 Å². The molecule has 0 radical (unpaired) electrons. The number of hydrazone groups is 1. The number of hydrazine groups is 2. The zero-order chi connectivity index (χ0) is 21.6. The molecule has 13 heteroatoms. The van der Waals surface area contributed by atoms with Crippen molar-refractivity contribution in [1.82, 2.24) is 11.1 Å². The van der Waals surface area contributed by atoms with Crippen molar-refractivity contribution in [3.05, 3.63) is 69.9 Å². The van der Waals surface area contributed by atoms with Crippen LogP contribution in [0.2, 0.25) is 0 Å². The number of benzene rings is 1. The predicted molar refractivity (Wildman–Crippen MR) is 100 cm³/mol. The summed E-state index contributed by atoms with van der Waals surface area (Å²) in [7, 11) is -4.28. The van der Waals surface area contributed by atoms with Gasteiger partial charge in [0.2, 0.25) is 0 Å². The van der Waals surface area contributed by atoms with Crippen LogP contribution in [-0.2, 0) is 10.0 Å². The van der Waals surface area contributed by atoms with Gasteiger partial charge in [-0.05, 0) is 41.5 Å². The SMILES string of the molecule is NNNN=C1C=C(S(=O)(=O)N=Cc2cc(C(=O)O)cc(C(=O)O)c2)C=CC1=C[O-]. The Bertz CT molecular complexity index is 1070. The van der Waals surface area contributed by atoms with E-state index in [1.807, 2.05) is 5.53 Å². The van der Waals surface area contributed by atoms with Gasteiger partial charge in [-0.3, -0.25) is 5.84 Å². The number of carboxylic acids is 2. The molecule has 0 atom stereocenters. The number of carboxylic acid groups (broad SMARTS) is 2. The normalized spacial score (nSPS) is 16.9. The van der Waals surface area contributed by atoms with Crippen LogP contribution in [0.25, 0.3) is 0 Å². The van der Waals surface area contributed by atoms with Gasteiger partial charge in [0.05, 0.1) is 21.7 Å². The Balaban J connectivity index is 2.42. The lowest BCUT2D eigenvalue weighted by Gasteiger charge is -2.12. The van der Waals surface area contributed by atoms with Crippen molar-refractivity contribution >= 4 is 33.9 Å². The van der Waals surface area contributed by atoms with E-state index >= 15 is 0 Å². The highest BCUT2D eigenvalue weighted by Crippen LogP contribution is 2.19. The van der Waals surface area contributed by atoms with Gasteiger partial charge in [0, 0.05) is 6.21 Å². The number of nitrogens with one attached hydrogen (secondary N) is 2. The highest BCUT2D eigenvalue weighted by molar-refractivity contribution is 7.94. The van der Waals surface area contributed by atoms with E-state index in [2.05, 4.69) is 15.0 Å². The predicted octanol–water partition coefficient (Wildman–Crippen LogP) is -1.15. The fraction of sp³-hybridized carbons (Fsp3) is 0. The number of aromatic carboxylic acids is 2. The minimum Gasteiger partial charge on any atom is -0.877 e. The molecule has 0 fully saturated rings. The third kappa shape index (κ3) is 5.35. The quantitative estimate of drug-likeness (QED) is 0.155. The number of nitrogens with zero attached hydrogens (tertiary/aromatic N) is 2. The van der Waals surface area contributed by atoms with Crippen LogP contribution in [0, 0.1) is 0 Å². The molecule has 6 N–H and O–H groups in total. The fourth-order valence-corrected chi connectivity index (χ4v) is 3.02. The maximum atomic E-state index is 12.4. The highest BCUT2D eigenvalue weighted by Gasteiger charge is 2.19. The summed E-state index contributed by atoms with van der Waals surface area (Å²) < 4.78 is 28.3. The van der Waals surface area contributed by atoms with Gasteiger partial charge in [0.1, 0.15) is 0 Å². The van der Waals surface area contributed by atoms with Crippen LogP contribution in [-0.4, -0.2) is 42.5 Å². The van der Waals surface area contributed by atoms with Crippen LogP contribution in [0.1, 0.15) is 26.3 Å². The molecule has 0 unspecified atom stereocenters. The van der Waals surface area contributed by atoms with E-state index in [1.54, 1.807) is 0 Å². The number of carbonyl (C=O) groups is 2. The lowest BCUT2D eigenvalue weighted by Crippen LogP contribution is -2.34. The van der Waals surface area contributed by atoms with Crippen molar-refractivity contribution < 1.29 is 33.3 Å². The molecule has 1 aromatic carbocycles. The van der Waals surface area contributed by atoms with E-state index in [1.165, 1.54) is 6.08 Å². The van der Waals surface area contributed by atoms with E-state index < -0.39 is 22.0 Å². The molecule has 0 amide bonds. The molecule has 152 valence electrons. The molecule has 0 aliphatic heterocycles. The number of allylic oxidation sites excluding steroid dienone is 4. The molecule has 1 aliphatic carbocycles. The first-order chi connectivity index (χ1) is 13.7. The third-order valence-electron chi connectivity index (χ3n) is 3.46. The topological polar surface area (TPSA) is 207 Å². The van der Waals surface area contributed by atoms with E-state index in [9.17, 15) is 23.1 Å². The van der Waals surface area contributed by atoms with E-state index in [0.29, 0.717) is 6.26 Å². The van der Waals surface area contributed by atoms with Gasteiger partial charge in [0.25, 0.3) is 10.0 Å². The summed E-state index contributed by atoms with van der Waals surface area (Å²) in [6.45, 7) is 0. The minimum atomic E-state index is -4.28. The Morgan fingerprint density at radius 3 is 2.24 bits per heavy atom. The second kappa shape index (κ2) is 8.92. The summed E-state index contributed by atoms with van der Waals surface area (Å²) in [5, 5.41) is 32.8. The Morgan fingerprint density at radius 1 is 1.10 bits per heavy atom. The number of hydrogen-bond donors (Lipinski definition) is 5. The second-order valence-corrected chi connectivity index (χ2v) is 7.00. The van der Waals surface area contributed by atoms with Crippen LogP contribution >= 0.6 is 0 Å². The molecule has 2 rings (SSSR count). The summed E-state index contributed by atoms with van der Waals surface area (Å²) in [5.74, 6) is 2.23. The fourth-order valence-electron chi connectivity index (χ4n) is 2.14. The average Bonchev–Trinajstić information content (AvgIpc) is 2.70. The lowest BCUT2D eigenvalue weighted by molar-refractivity contribution is -0.275. The summed E-state index contributed by atoms with van der Waals surface area (Å²) in [6.07, 6.45) is 4.68. The smallest absolute Gasteiger partial charge is 0.335 e. The van der Waals surface area contributed by atoms with Crippen molar-refractivity contribution in [2.45, 2.75) is 0 Å². The van der Waals surface area contributed by atoms with Gasteiger partial charge in [-0.15, -0.1) is 6.26 Å². The van der Waals surface area contributed by atoms with E-state index in [4.69, 9.17) is 16.1 Å². The van der Waals surface area contributed by atoms with Gasteiger partial charge in [-0.1, -0.05) is 6.08 Å². The van der Waals surface area contributed by atoms with Crippen LogP contribution < -0.4 is 22.0 Å². The number of sulfonamides is 1. The molecule has 12 nitrogen and oxygen atoms in total. The molecule has 0 saturated carbocycles. The van der Waals surface area contributed by atoms with Gasteiger partial charge >= 0.3 is 11.9 Å². The Labute approximate surface area is 164 Å². The molecule has 1 aromatic rings. The Hall–Kier alpha value is -3.81. The summed E-state index contributed by atoms with van der Waals surface area (Å²) in [4.78, 5) is 21.9. The first-order valence-corrected chi connectivity index (χ1v) is 9.04. The van der Waals surface area contributed by atoms with Crippen LogP contribution in [0.5, 0.6) is 0 Å². The summed E-state index contributed by atoms with van der Waals surface area (Å²) >= 11 is 0. The molecule has 1 aliphatic rings. The maximum absolute atomic E-state index is 12.4. The van der Waals surface area contributed by atoms with E-state index in [-0.39, 0.29) is 32.9 Å². The maximum Gasteiger partial charge on any atom is 0.335 e. The van der Waals surface area contributed by atoms with Crippen molar-refractivity contribution in [3.63, 3.8) is 0 Å². The summed E-state index contributed by atoms with van der Waals surface area (Å²) in [5.41, 5.74) is 3.46. The first kappa shape index (κ1) is 21.5. The molecular weight excluding hydrogens is 406 g/mol. The zero-order valence-electron chi connectivity index (χ0n) is 14.4. The van der Waals surface area contributed by atoms with Gasteiger partial charge in [-0.2, -0.15) is 23.5 Å². The standard InChI is InChI=1S/C16H15N5O7S/c17-20-21-19-14-6-13(2-1-10(14)8-22)29(27,28)18-7-9-3-11(15(23)24)5-12(4-9)16(25)26/h1-8,20-22H,17H2,(H,23,24)(H,25,26)/p-1. The lowest BCUT2D eigenvalue weighted by atomic mass is 10.1. The molecule has 0 saturated heterocycles. The largest absolute Gasteiger partial charge is 0.877 e. The van der Waals surface area contributed by atoms with E-state index in [0.717, 1.165) is 36.6 Å². The van der Waals surface area contributed by atoms with Gasteiger partial charge in [0.15, 0.2) is 0 Å². The Morgan fingerprint density at radius 2 is 1.72 bits per heavy atom. The van der Waals surface area contributed by atoms with Gasteiger partial charge in [-0.25, -0.2) is 15.1 Å². The van der Waals surface area contributed by atoms with Crippen molar-refractivity contribution in [1.29, 1.82) is 0 Å². The van der Waals surface area contributed by atoms with Crippen LogP contribution in [0.3, 0.4) is 0 Å². The monoisotopic (exact) mass is 420 g/mol. The Kier molecular flexibility index (Phi) is 6.61. The van der Waals surface area contributed by atoms with Gasteiger partial charge < -0.3 is 15.3 Å². The van der Waals surface area contributed by atoms with Crippen LogP contribution in [0.15, 0.2) is 62.7 Å². The molecule has 0 heterocycles.